The summed E-state index contributed by atoms with van der Waals surface area (Å²) in [6.45, 7) is 1.72. The molecule has 0 radical (unpaired) electrons. The molecule has 0 aliphatic rings. The Labute approximate surface area is 108 Å². The first-order chi connectivity index (χ1) is 9.04. The van der Waals surface area contributed by atoms with E-state index in [0.717, 1.165) is 6.07 Å². The van der Waals surface area contributed by atoms with Gasteiger partial charge < -0.3 is 4.74 Å². The van der Waals surface area contributed by atoms with E-state index in [0.29, 0.717) is 6.29 Å². The summed E-state index contributed by atoms with van der Waals surface area (Å²) in [7, 11) is 0. The van der Waals surface area contributed by atoms with Gasteiger partial charge in [-0.1, -0.05) is 0 Å². The van der Waals surface area contributed by atoms with E-state index in [1.54, 1.807) is 13.0 Å². The Kier molecular flexibility index (Phi) is 4.71. The molecule has 1 rings (SSSR count). The summed E-state index contributed by atoms with van der Waals surface area (Å²) in [4.78, 5) is 32.6. The van der Waals surface area contributed by atoms with Crippen LogP contribution in [0.5, 0.6) is 0 Å². The molecule has 0 saturated heterocycles. The Hall–Kier alpha value is -2.75. The van der Waals surface area contributed by atoms with E-state index in [4.69, 9.17) is 10.00 Å². The third-order valence-corrected chi connectivity index (χ3v) is 2.39. The number of ether oxygens (including phenoxy) is 1. The summed E-state index contributed by atoms with van der Waals surface area (Å²) < 4.78 is 4.69. The Morgan fingerprint density at radius 2 is 2.26 bits per heavy atom. The standard InChI is InChI=1S/C12H10N2O5/c1-2-19-12(16)5-9-10(7-15)8(6-13)3-4-11(9)14(17)18/h3-4,7H,2,5H2,1H3. The number of rotatable bonds is 5. The van der Waals surface area contributed by atoms with Crippen molar-refractivity contribution in [1.82, 2.24) is 0 Å². The first kappa shape index (κ1) is 14.3. The van der Waals surface area contributed by atoms with E-state index >= 15 is 0 Å². The van der Waals surface area contributed by atoms with Crippen molar-refractivity contribution in [2.75, 3.05) is 6.61 Å². The van der Waals surface area contributed by atoms with E-state index in [1.807, 2.05) is 0 Å². The molecule has 0 heterocycles. The third-order valence-electron chi connectivity index (χ3n) is 2.39. The summed E-state index contributed by atoms with van der Waals surface area (Å²) in [6.07, 6.45) is -0.0894. The Morgan fingerprint density at radius 3 is 2.74 bits per heavy atom. The van der Waals surface area contributed by atoms with Gasteiger partial charge >= 0.3 is 5.97 Å². The SMILES string of the molecule is CCOC(=O)Cc1c([N+](=O)[O-])ccc(C#N)c1C=O. The first-order valence-corrected chi connectivity index (χ1v) is 5.36. The van der Waals surface area contributed by atoms with Crippen LogP contribution >= 0.6 is 0 Å². The number of nitro benzene ring substituents is 1. The van der Waals surface area contributed by atoms with Gasteiger partial charge in [0.25, 0.3) is 5.69 Å². The van der Waals surface area contributed by atoms with Crippen LogP contribution in [0, 0.1) is 21.4 Å². The smallest absolute Gasteiger partial charge is 0.310 e. The number of nitrogens with zero attached hydrogens (tertiary/aromatic N) is 2. The average molecular weight is 262 g/mol. The van der Waals surface area contributed by atoms with Crippen molar-refractivity contribution in [2.24, 2.45) is 0 Å². The molecule has 0 atom stereocenters. The number of nitro groups is 1. The maximum atomic E-state index is 11.4. The molecule has 0 aliphatic heterocycles. The number of hydrogen-bond acceptors (Lipinski definition) is 6. The van der Waals surface area contributed by atoms with Gasteiger partial charge in [0.1, 0.15) is 0 Å². The fourth-order valence-electron chi connectivity index (χ4n) is 1.60. The van der Waals surface area contributed by atoms with Crippen LogP contribution in [0.15, 0.2) is 12.1 Å². The minimum Gasteiger partial charge on any atom is -0.466 e. The molecular weight excluding hydrogens is 252 g/mol. The van der Waals surface area contributed by atoms with Crippen molar-refractivity contribution in [3.63, 3.8) is 0 Å². The lowest BCUT2D eigenvalue weighted by Crippen LogP contribution is -2.12. The molecule has 0 N–H and O–H groups in total. The van der Waals surface area contributed by atoms with Crippen molar-refractivity contribution in [3.05, 3.63) is 38.9 Å². The molecule has 98 valence electrons. The summed E-state index contributed by atoms with van der Waals surface area (Å²) in [5.74, 6) is -0.691. The maximum Gasteiger partial charge on any atom is 0.310 e. The zero-order chi connectivity index (χ0) is 14.4. The fourth-order valence-corrected chi connectivity index (χ4v) is 1.60. The highest BCUT2D eigenvalue weighted by Crippen LogP contribution is 2.25. The lowest BCUT2D eigenvalue weighted by atomic mass is 9.98. The van der Waals surface area contributed by atoms with Gasteiger partial charge in [-0.05, 0) is 13.0 Å². The molecule has 0 unspecified atom stereocenters. The van der Waals surface area contributed by atoms with Crippen LogP contribution in [0.2, 0.25) is 0 Å². The number of hydrogen-bond donors (Lipinski definition) is 0. The van der Waals surface area contributed by atoms with Gasteiger partial charge in [0, 0.05) is 11.6 Å². The van der Waals surface area contributed by atoms with Crippen LogP contribution in [-0.2, 0) is 16.0 Å². The molecule has 0 fully saturated rings. The molecule has 19 heavy (non-hydrogen) atoms. The first-order valence-electron chi connectivity index (χ1n) is 5.36. The zero-order valence-electron chi connectivity index (χ0n) is 10.1. The molecular formula is C12H10N2O5. The van der Waals surface area contributed by atoms with E-state index in [1.165, 1.54) is 6.07 Å². The second kappa shape index (κ2) is 6.26. The summed E-state index contributed by atoms with van der Waals surface area (Å²) in [5, 5.41) is 19.7. The van der Waals surface area contributed by atoms with E-state index in [2.05, 4.69) is 0 Å². The van der Waals surface area contributed by atoms with Crippen molar-refractivity contribution >= 4 is 17.9 Å². The summed E-state index contributed by atoms with van der Waals surface area (Å²) >= 11 is 0. The molecule has 0 saturated carbocycles. The maximum absolute atomic E-state index is 11.4. The van der Waals surface area contributed by atoms with Crippen LogP contribution < -0.4 is 0 Å². The fraction of sp³-hybridized carbons (Fsp3) is 0.250. The van der Waals surface area contributed by atoms with Crippen molar-refractivity contribution in [3.8, 4) is 6.07 Å². The predicted molar refractivity (Wildman–Crippen MR) is 63.5 cm³/mol. The third kappa shape index (κ3) is 3.13. The van der Waals surface area contributed by atoms with Crippen molar-refractivity contribution < 1.29 is 19.2 Å². The number of benzene rings is 1. The van der Waals surface area contributed by atoms with E-state index < -0.39 is 17.3 Å². The molecule has 1 aromatic rings. The molecule has 7 nitrogen and oxygen atoms in total. The Morgan fingerprint density at radius 1 is 1.58 bits per heavy atom. The van der Waals surface area contributed by atoms with Crippen molar-refractivity contribution in [2.45, 2.75) is 13.3 Å². The van der Waals surface area contributed by atoms with Gasteiger partial charge in [-0.3, -0.25) is 19.7 Å². The van der Waals surface area contributed by atoms with Gasteiger partial charge in [-0.15, -0.1) is 0 Å². The second-order valence-corrected chi connectivity index (χ2v) is 3.49. The lowest BCUT2D eigenvalue weighted by molar-refractivity contribution is -0.385. The largest absolute Gasteiger partial charge is 0.466 e. The van der Waals surface area contributed by atoms with Crippen molar-refractivity contribution in [1.29, 1.82) is 5.26 Å². The minimum atomic E-state index is -0.706. The molecule has 0 spiro atoms. The number of aldehydes is 1. The molecule has 0 amide bonds. The van der Waals surface area contributed by atoms with Crippen LogP contribution in [0.25, 0.3) is 0 Å². The highest BCUT2D eigenvalue weighted by molar-refractivity contribution is 5.87. The van der Waals surface area contributed by atoms with Gasteiger partial charge in [0.15, 0.2) is 6.29 Å². The summed E-state index contributed by atoms with van der Waals surface area (Å²) in [6, 6.07) is 4.03. The van der Waals surface area contributed by atoms with Crippen LogP contribution in [0.1, 0.15) is 28.4 Å². The van der Waals surface area contributed by atoms with E-state index in [9.17, 15) is 19.7 Å². The van der Waals surface area contributed by atoms with Gasteiger partial charge in [-0.2, -0.15) is 5.26 Å². The highest BCUT2D eigenvalue weighted by atomic mass is 16.6. The monoisotopic (exact) mass is 262 g/mol. The zero-order valence-corrected chi connectivity index (χ0v) is 10.1. The number of carbonyl (C=O) groups excluding carboxylic acids is 2. The normalized spacial score (nSPS) is 9.47. The topological polar surface area (TPSA) is 110 Å². The highest BCUT2D eigenvalue weighted by Gasteiger charge is 2.23. The van der Waals surface area contributed by atoms with Crippen LogP contribution in [0.4, 0.5) is 5.69 Å². The Bertz CT molecular complexity index is 574. The Balaban J connectivity index is 3.38. The molecule has 0 aliphatic carbocycles. The second-order valence-electron chi connectivity index (χ2n) is 3.49. The molecule has 0 bridgehead atoms. The van der Waals surface area contributed by atoms with Gasteiger partial charge in [0.2, 0.25) is 0 Å². The predicted octanol–water partition coefficient (Wildman–Crippen LogP) is 1.38. The molecule has 7 heteroatoms. The average Bonchev–Trinajstić information content (AvgIpc) is 2.37. The lowest BCUT2D eigenvalue weighted by Gasteiger charge is -2.07. The van der Waals surface area contributed by atoms with Gasteiger partial charge in [0.05, 0.1) is 35.1 Å². The number of nitriles is 1. The molecule has 1 aromatic carbocycles. The number of esters is 1. The van der Waals surface area contributed by atoms with Crippen LogP contribution in [0.3, 0.4) is 0 Å². The minimum absolute atomic E-state index is 0.0140. The van der Waals surface area contributed by atoms with Crippen LogP contribution in [-0.4, -0.2) is 23.8 Å². The van der Waals surface area contributed by atoms with E-state index in [-0.39, 0.29) is 29.0 Å². The van der Waals surface area contributed by atoms with Gasteiger partial charge in [-0.25, -0.2) is 0 Å². The summed E-state index contributed by atoms with van der Waals surface area (Å²) in [5.41, 5.74) is -0.642. The molecule has 0 aromatic heterocycles. The quantitative estimate of drug-likeness (QED) is 0.343. The number of carbonyl (C=O) groups is 2.